The molecule has 1 fully saturated rings. The van der Waals surface area contributed by atoms with Gasteiger partial charge < -0.3 is 4.57 Å². The fourth-order valence-electron chi connectivity index (χ4n) is 2.87. The second-order valence-corrected chi connectivity index (χ2v) is 9.82. The van der Waals surface area contributed by atoms with Crippen LogP contribution in [0.3, 0.4) is 0 Å². The lowest BCUT2D eigenvalue weighted by Gasteiger charge is -2.32. The van der Waals surface area contributed by atoms with Crippen LogP contribution in [0.25, 0.3) is 0 Å². The number of halogens is 1. The first-order valence-electron chi connectivity index (χ1n) is 7.54. The molecule has 0 aliphatic carbocycles. The molecule has 9 heteroatoms. The molecule has 3 rings (SSSR count). The van der Waals surface area contributed by atoms with Gasteiger partial charge in [0.05, 0.1) is 4.34 Å². The molecule has 0 spiro atoms. The maximum atomic E-state index is 12.6. The maximum Gasteiger partial charge on any atom is 0.252 e. The molecule has 2 aromatic rings. The Balaban J connectivity index is 1.72. The van der Waals surface area contributed by atoms with Gasteiger partial charge in [-0.1, -0.05) is 25.4 Å². The molecule has 0 bridgehead atoms. The van der Waals surface area contributed by atoms with Gasteiger partial charge in [0.1, 0.15) is 16.4 Å². The number of piperidine rings is 1. The van der Waals surface area contributed by atoms with E-state index in [1.165, 1.54) is 0 Å². The fraction of sp³-hybridized carbons (Fsp3) is 0.571. The van der Waals surface area contributed by atoms with Crippen molar-refractivity contribution in [2.24, 2.45) is 0 Å². The minimum absolute atomic E-state index is 0.251. The number of sulfonamides is 1. The highest BCUT2D eigenvalue weighted by Gasteiger charge is 2.31. The average molecular weight is 375 g/mol. The molecule has 3 heterocycles. The number of aromatic nitrogens is 3. The molecule has 0 N–H and O–H groups in total. The van der Waals surface area contributed by atoms with E-state index in [4.69, 9.17) is 11.6 Å². The van der Waals surface area contributed by atoms with E-state index in [1.54, 1.807) is 22.8 Å². The van der Waals surface area contributed by atoms with Gasteiger partial charge >= 0.3 is 0 Å². The molecule has 0 aromatic carbocycles. The Morgan fingerprint density at radius 3 is 2.57 bits per heavy atom. The topological polar surface area (TPSA) is 68.1 Å². The van der Waals surface area contributed by atoms with E-state index < -0.39 is 10.0 Å². The van der Waals surface area contributed by atoms with Crippen molar-refractivity contribution in [3.63, 3.8) is 0 Å². The van der Waals surface area contributed by atoms with Gasteiger partial charge in [0.15, 0.2) is 0 Å². The van der Waals surface area contributed by atoms with E-state index in [-0.39, 0.29) is 6.04 Å². The average Bonchev–Trinajstić information content (AvgIpc) is 3.16. The summed E-state index contributed by atoms with van der Waals surface area (Å²) >= 11 is 6.97. The zero-order valence-corrected chi connectivity index (χ0v) is 15.4. The molecule has 126 valence electrons. The lowest BCUT2D eigenvalue weighted by atomic mass is 10.1. The zero-order valence-electron chi connectivity index (χ0n) is 13.0. The summed E-state index contributed by atoms with van der Waals surface area (Å²) in [4.78, 5) is 0. The van der Waals surface area contributed by atoms with Crippen LogP contribution in [0.2, 0.25) is 4.34 Å². The Bertz CT molecular complexity index is 776. The van der Waals surface area contributed by atoms with Gasteiger partial charge in [-0.15, -0.1) is 21.5 Å². The highest BCUT2D eigenvalue weighted by molar-refractivity contribution is 7.91. The van der Waals surface area contributed by atoms with Crippen LogP contribution in [0.15, 0.2) is 22.7 Å². The first kappa shape index (κ1) is 16.9. The van der Waals surface area contributed by atoms with E-state index in [0.29, 0.717) is 27.6 Å². The second-order valence-electron chi connectivity index (χ2n) is 5.94. The van der Waals surface area contributed by atoms with E-state index in [9.17, 15) is 8.42 Å². The zero-order chi connectivity index (χ0) is 16.6. The summed E-state index contributed by atoms with van der Waals surface area (Å²) in [6.07, 6.45) is 3.27. The largest absolute Gasteiger partial charge is 0.314 e. The van der Waals surface area contributed by atoms with Gasteiger partial charge in [0.25, 0.3) is 10.0 Å². The third-order valence-electron chi connectivity index (χ3n) is 4.08. The van der Waals surface area contributed by atoms with Gasteiger partial charge in [-0.25, -0.2) is 8.42 Å². The van der Waals surface area contributed by atoms with Gasteiger partial charge in [-0.05, 0) is 25.0 Å². The van der Waals surface area contributed by atoms with Gasteiger partial charge in [-0.3, -0.25) is 0 Å². The summed E-state index contributed by atoms with van der Waals surface area (Å²) in [7, 11) is -3.43. The van der Waals surface area contributed by atoms with Crippen LogP contribution >= 0.6 is 22.9 Å². The standard InChI is InChI=1S/C14H19ClN4O2S2/c1-10(2)14-17-16-9-19(14)11-5-7-18(8-6-11)23(20,21)13-4-3-12(15)22-13/h3-4,9-11H,5-8H2,1-2H3. The fourth-order valence-corrected chi connectivity index (χ4v) is 5.98. The molecule has 0 atom stereocenters. The lowest BCUT2D eigenvalue weighted by Crippen LogP contribution is -2.38. The van der Waals surface area contributed by atoms with Crippen molar-refractivity contribution in [2.75, 3.05) is 13.1 Å². The van der Waals surface area contributed by atoms with E-state index in [0.717, 1.165) is 30.0 Å². The van der Waals surface area contributed by atoms with E-state index >= 15 is 0 Å². The van der Waals surface area contributed by atoms with Crippen LogP contribution in [0.4, 0.5) is 0 Å². The molecule has 1 saturated heterocycles. The quantitative estimate of drug-likeness (QED) is 0.824. The first-order chi connectivity index (χ1) is 10.9. The van der Waals surface area contributed by atoms with Crippen LogP contribution in [-0.2, 0) is 10.0 Å². The molecule has 0 amide bonds. The van der Waals surface area contributed by atoms with Gasteiger partial charge in [-0.2, -0.15) is 4.31 Å². The molecular formula is C14H19ClN4O2S2. The molecule has 1 aliphatic rings. The number of thiophene rings is 1. The molecule has 0 radical (unpaired) electrons. The van der Waals surface area contributed by atoms with Gasteiger partial charge in [0.2, 0.25) is 0 Å². The second kappa shape index (κ2) is 6.51. The Morgan fingerprint density at radius 1 is 1.30 bits per heavy atom. The molecule has 6 nitrogen and oxygen atoms in total. The Morgan fingerprint density at radius 2 is 2.00 bits per heavy atom. The van der Waals surface area contributed by atoms with Crippen LogP contribution < -0.4 is 0 Å². The lowest BCUT2D eigenvalue weighted by molar-refractivity contribution is 0.269. The number of nitrogens with zero attached hydrogens (tertiary/aromatic N) is 4. The third-order valence-corrected chi connectivity index (χ3v) is 7.67. The number of hydrogen-bond donors (Lipinski definition) is 0. The molecular weight excluding hydrogens is 356 g/mol. The SMILES string of the molecule is CC(C)c1nncn1C1CCN(S(=O)(=O)c2ccc(Cl)s2)CC1. The van der Waals surface area contributed by atoms with E-state index in [2.05, 4.69) is 28.6 Å². The van der Waals surface area contributed by atoms with Crippen LogP contribution in [0, 0.1) is 0 Å². The molecule has 1 aliphatic heterocycles. The maximum absolute atomic E-state index is 12.6. The molecule has 0 unspecified atom stereocenters. The summed E-state index contributed by atoms with van der Waals surface area (Å²) in [6, 6.07) is 3.45. The third kappa shape index (κ3) is 3.31. The predicted octanol–water partition coefficient (Wildman–Crippen LogP) is 3.14. The first-order valence-corrected chi connectivity index (χ1v) is 10.2. The number of rotatable bonds is 4. The Kier molecular flexibility index (Phi) is 4.78. The summed E-state index contributed by atoms with van der Waals surface area (Å²) in [5.74, 6) is 1.25. The minimum atomic E-state index is -3.43. The molecule has 2 aromatic heterocycles. The highest BCUT2D eigenvalue weighted by atomic mass is 35.5. The van der Waals surface area contributed by atoms with Crippen molar-refractivity contribution in [1.29, 1.82) is 0 Å². The summed E-state index contributed by atoms with van der Waals surface area (Å²) in [5, 5.41) is 8.18. The summed E-state index contributed by atoms with van der Waals surface area (Å²) < 4.78 is 29.7. The summed E-state index contributed by atoms with van der Waals surface area (Å²) in [6.45, 7) is 5.16. The van der Waals surface area contributed by atoms with Crippen molar-refractivity contribution in [2.45, 2.75) is 42.9 Å². The molecule has 0 saturated carbocycles. The van der Waals surface area contributed by atoms with Crippen LogP contribution in [0.1, 0.15) is 44.5 Å². The van der Waals surface area contributed by atoms with Crippen molar-refractivity contribution in [3.8, 4) is 0 Å². The van der Waals surface area contributed by atoms with Crippen molar-refractivity contribution >= 4 is 33.0 Å². The normalized spacial score (nSPS) is 17.9. The van der Waals surface area contributed by atoms with Gasteiger partial charge in [0, 0.05) is 25.0 Å². The minimum Gasteiger partial charge on any atom is -0.314 e. The van der Waals surface area contributed by atoms with Crippen molar-refractivity contribution in [1.82, 2.24) is 19.1 Å². The van der Waals surface area contributed by atoms with Crippen molar-refractivity contribution < 1.29 is 8.42 Å². The number of hydrogen-bond acceptors (Lipinski definition) is 5. The van der Waals surface area contributed by atoms with Crippen LogP contribution in [-0.4, -0.2) is 40.6 Å². The van der Waals surface area contributed by atoms with E-state index in [1.807, 2.05) is 0 Å². The Labute approximate surface area is 145 Å². The smallest absolute Gasteiger partial charge is 0.252 e. The van der Waals surface area contributed by atoms with Crippen LogP contribution in [0.5, 0.6) is 0 Å². The predicted molar refractivity (Wildman–Crippen MR) is 90.5 cm³/mol. The monoisotopic (exact) mass is 374 g/mol. The molecule has 23 heavy (non-hydrogen) atoms. The Hall–Kier alpha value is -0.960. The van der Waals surface area contributed by atoms with Crippen molar-refractivity contribution in [3.05, 3.63) is 28.6 Å². The summed E-state index contributed by atoms with van der Waals surface area (Å²) in [5.41, 5.74) is 0. The highest BCUT2D eigenvalue weighted by Crippen LogP contribution is 2.32.